The maximum Gasteiger partial charge on any atom is 0.414 e. The van der Waals surface area contributed by atoms with Crippen molar-refractivity contribution in [1.29, 1.82) is 0 Å². The summed E-state index contributed by atoms with van der Waals surface area (Å²) in [6.07, 6.45) is 0.0847. The third kappa shape index (κ3) is 3.01. The minimum atomic E-state index is -0.523. The first kappa shape index (κ1) is 15.8. The number of benzene rings is 2. The van der Waals surface area contributed by atoms with Crippen molar-refractivity contribution in [3.8, 4) is 5.75 Å². The summed E-state index contributed by atoms with van der Waals surface area (Å²) in [6, 6.07) is 12.3. The molecule has 0 saturated heterocycles. The Morgan fingerprint density at radius 2 is 2.04 bits per heavy atom. The summed E-state index contributed by atoms with van der Waals surface area (Å²) in [7, 11) is 1.38. The number of nitro benzene ring substituents is 1. The lowest BCUT2D eigenvalue weighted by atomic mass is 10.1. The molecule has 0 unspecified atom stereocenters. The van der Waals surface area contributed by atoms with E-state index in [4.69, 9.17) is 9.47 Å². The zero-order valence-corrected chi connectivity index (χ0v) is 13.1. The molecule has 0 radical (unpaired) electrons. The number of fused-ring (bicyclic) bond motifs is 1. The molecule has 1 aliphatic heterocycles. The van der Waals surface area contributed by atoms with Gasteiger partial charge in [-0.25, -0.2) is 4.79 Å². The van der Waals surface area contributed by atoms with E-state index < -0.39 is 11.0 Å². The van der Waals surface area contributed by atoms with E-state index in [1.54, 1.807) is 6.07 Å². The second kappa shape index (κ2) is 6.57. The maximum absolute atomic E-state index is 12.3. The number of nitrogens with zero attached hydrogens (tertiary/aromatic N) is 2. The lowest BCUT2D eigenvalue weighted by Crippen LogP contribution is -2.29. The smallest absolute Gasteiger partial charge is 0.414 e. The molecule has 2 aromatic carbocycles. The molecule has 0 fully saturated rings. The number of rotatable bonds is 4. The van der Waals surface area contributed by atoms with Crippen LogP contribution in [0.1, 0.15) is 11.1 Å². The van der Waals surface area contributed by atoms with Gasteiger partial charge in [-0.15, -0.1) is 0 Å². The Balaban J connectivity index is 1.79. The number of hydrogen-bond donors (Lipinski definition) is 0. The van der Waals surface area contributed by atoms with Crippen molar-refractivity contribution < 1.29 is 19.2 Å². The number of amides is 1. The summed E-state index contributed by atoms with van der Waals surface area (Å²) in [4.78, 5) is 24.4. The van der Waals surface area contributed by atoms with E-state index in [0.717, 1.165) is 11.1 Å². The highest BCUT2D eigenvalue weighted by molar-refractivity contribution is 5.91. The molecule has 7 heteroatoms. The molecule has 1 amide bonds. The average molecular weight is 328 g/mol. The van der Waals surface area contributed by atoms with E-state index in [-0.39, 0.29) is 18.0 Å². The molecule has 0 aliphatic carbocycles. The van der Waals surface area contributed by atoms with Gasteiger partial charge in [-0.1, -0.05) is 30.3 Å². The third-order valence-electron chi connectivity index (χ3n) is 3.90. The Kier molecular flexibility index (Phi) is 4.33. The highest BCUT2D eigenvalue weighted by atomic mass is 16.6. The molecule has 2 aromatic rings. The van der Waals surface area contributed by atoms with E-state index in [0.29, 0.717) is 18.7 Å². The number of ether oxygens (including phenoxy) is 2. The van der Waals surface area contributed by atoms with Crippen molar-refractivity contribution in [2.75, 3.05) is 18.6 Å². The minimum Gasteiger partial charge on any atom is -0.490 e. The molecule has 7 nitrogen and oxygen atoms in total. The molecule has 124 valence electrons. The van der Waals surface area contributed by atoms with E-state index in [1.807, 2.05) is 30.3 Å². The topological polar surface area (TPSA) is 81.9 Å². The van der Waals surface area contributed by atoms with Crippen molar-refractivity contribution in [3.63, 3.8) is 0 Å². The Bertz CT molecular complexity index is 776. The van der Waals surface area contributed by atoms with Gasteiger partial charge in [-0.05, 0) is 23.6 Å². The molecule has 0 saturated carbocycles. The van der Waals surface area contributed by atoms with E-state index >= 15 is 0 Å². The first-order chi connectivity index (χ1) is 11.6. The van der Waals surface area contributed by atoms with Gasteiger partial charge in [-0.2, -0.15) is 0 Å². The van der Waals surface area contributed by atoms with Crippen LogP contribution < -0.4 is 9.64 Å². The van der Waals surface area contributed by atoms with Gasteiger partial charge in [0.15, 0.2) is 5.75 Å². The molecule has 0 spiro atoms. The van der Waals surface area contributed by atoms with Crippen molar-refractivity contribution >= 4 is 17.5 Å². The van der Waals surface area contributed by atoms with Crippen LogP contribution in [-0.2, 0) is 17.8 Å². The van der Waals surface area contributed by atoms with Crippen molar-refractivity contribution in [2.24, 2.45) is 0 Å². The summed E-state index contributed by atoms with van der Waals surface area (Å²) in [5.74, 6) is 0.193. The van der Waals surface area contributed by atoms with Crippen molar-refractivity contribution in [2.45, 2.75) is 13.0 Å². The maximum atomic E-state index is 12.3. The fraction of sp³-hybridized carbons (Fsp3) is 0.235. The fourth-order valence-corrected chi connectivity index (χ4v) is 2.70. The first-order valence-corrected chi connectivity index (χ1v) is 7.43. The number of carbonyl (C=O) groups is 1. The van der Waals surface area contributed by atoms with Crippen LogP contribution in [-0.4, -0.2) is 24.7 Å². The Labute approximate surface area is 138 Å². The van der Waals surface area contributed by atoms with Gasteiger partial charge < -0.3 is 9.47 Å². The van der Waals surface area contributed by atoms with Crippen LogP contribution in [0.5, 0.6) is 5.75 Å². The second-order valence-electron chi connectivity index (χ2n) is 5.35. The molecule has 0 aromatic heterocycles. The van der Waals surface area contributed by atoms with Crippen LogP contribution in [0, 0.1) is 10.1 Å². The molecule has 0 atom stereocenters. The largest absolute Gasteiger partial charge is 0.490 e. The molecule has 0 bridgehead atoms. The van der Waals surface area contributed by atoms with Gasteiger partial charge in [0, 0.05) is 12.6 Å². The third-order valence-corrected chi connectivity index (χ3v) is 3.90. The van der Waals surface area contributed by atoms with Crippen LogP contribution in [0.4, 0.5) is 16.2 Å². The molecule has 24 heavy (non-hydrogen) atoms. The van der Waals surface area contributed by atoms with Gasteiger partial charge in [0.1, 0.15) is 6.61 Å². The zero-order chi connectivity index (χ0) is 17.1. The predicted octanol–water partition coefficient (Wildman–Crippen LogP) is 3.30. The lowest BCUT2D eigenvalue weighted by Gasteiger charge is -2.17. The first-order valence-electron chi connectivity index (χ1n) is 7.43. The number of methoxy groups -OCH3 is 1. The molecular weight excluding hydrogens is 312 g/mol. The van der Waals surface area contributed by atoms with Gasteiger partial charge >= 0.3 is 11.8 Å². The Hall–Kier alpha value is -3.09. The van der Waals surface area contributed by atoms with Crippen LogP contribution in [0.2, 0.25) is 0 Å². The zero-order valence-electron chi connectivity index (χ0n) is 13.1. The molecule has 1 heterocycles. The summed E-state index contributed by atoms with van der Waals surface area (Å²) in [6.45, 7) is 0.580. The average Bonchev–Trinajstić information content (AvgIpc) is 3.02. The number of hydrogen-bond acceptors (Lipinski definition) is 5. The van der Waals surface area contributed by atoms with Gasteiger partial charge in [0.2, 0.25) is 0 Å². The molecule has 1 aliphatic rings. The molecule has 3 rings (SSSR count). The Morgan fingerprint density at radius 1 is 1.29 bits per heavy atom. The minimum absolute atomic E-state index is 0.157. The van der Waals surface area contributed by atoms with Crippen LogP contribution in [0.15, 0.2) is 42.5 Å². The van der Waals surface area contributed by atoms with Gasteiger partial charge in [0.25, 0.3) is 0 Å². The predicted molar refractivity (Wildman–Crippen MR) is 87.3 cm³/mol. The summed E-state index contributed by atoms with van der Waals surface area (Å²) < 4.78 is 10.4. The Morgan fingerprint density at radius 3 is 2.71 bits per heavy atom. The SMILES string of the molecule is COc1cc2c(cc1[N+](=O)[O-])N(C(=O)OCc1ccccc1)CC2. The quantitative estimate of drug-likeness (QED) is 0.635. The van der Waals surface area contributed by atoms with Crippen molar-refractivity contribution in [1.82, 2.24) is 0 Å². The van der Waals surface area contributed by atoms with Crippen LogP contribution in [0.25, 0.3) is 0 Å². The standard InChI is InChI=1S/C17H16N2O5/c1-23-16-9-13-7-8-18(14(13)10-15(16)19(21)22)17(20)24-11-12-5-3-2-4-6-12/h2-6,9-10H,7-8,11H2,1H3. The van der Waals surface area contributed by atoms with E-state index in [9.17, 15) is 14.9 Å². The number of nitro groups is 1. The monoisotopic (exact) mass is 328 g/mol. The lowest BCUT2D eigenvalue weighted by molar-refractivity contribution is -0.385. The van der Waals surface area contributed by atoms with Crippen molar-refractivity contribution in [3.05, 3.63) is 63.7 Å². The normalized spacial score (nSPS) is 12.6. The van der Waals surface area contributed by atoms with Gasteiger partial charge in [-0.3, -0.25) is 15.0 Å². The highest BCUT2D eigenvalue weighted by Crippen LogP contribution is 2.38. The van der Waals surface area contributed by atoms with Crippen LogP contribution in [0.3, 0.4) is 0 Å². The van der Waals surface area contributed by atoms with Crippen LogP contribution >= 0.6 is 0 Å². The highest BCUT2D eigenvalue weighted by Gasteiger charge is 2.30. The molecular formula is C17H16N2O5. The van der Waals surface area contributed by atoms with E-state index in [2.05, 4.69) is 0 Å². The second-order valence-corrected chi connectivity index (χ2v) is 5.35. The number of anilines is 1. The summed E-state index contributed by atoms with van der Waals surface area (Å²) in [5, 5.41) is 11.2. The fourth-order valence-electron chi connectivity index (χ4n) is 2.70. The molecule has 0 N–H and O–H groups in total. The number of carbonyl (C=O) groups excluding carboxylic acids is 1. The summed E-state index contributed by atoms with van der Waals surface area (Å²) in [5.41, 5.74) is 2.04. The van der Waals surface area contributed by atoms with Gasteiger partial charge in [0.05, 0.1) is 17.7 Å². The summed E-state index contributed by atoms with van der Waals surface area (Å²) >= 11 is 0. The van der Waals surface area contributed by atoms with E-state index in [1.165, 1.54) is 18.1 Å².